The van der Waals surface area contributed by atoms with Gasteiger partial charge < -0.3 is 9.47 Å². The molecule has 1 aliphatic rings. The van der Waals surface area contributed by atoms with Crippen molar-refractivity contribution in [2.24, 2.45) is 0 Å². The smallest absolute Gasteiger partial charge is 0.395 e. The molecule has 0 bridgehead atoms. The van der Waals surface area contributed by atoms with Gasteiger partial charge in [-0.15, -0.1) is 0 Å². The van der Waals surface area contributed by atoms with Gasteiger partial charge in [0.15, 0.2) is 6.10 Å². The fourth-order valence-corrected chi connectivity index (χ4v) is 0.777. The predicted octanol–water partition coefficient (Wildman–Crippen LogP) is 1.49. The molecular formula is C8H10F2O3. The van der Waals surface area contributed by atoms with Gasteiger partial charge in [0.1, 0.15) is 0 Å². The fraction of sp³-hybridized carbons (Fsp3) is 0.625. The average Bonchev–Trinajstić information content (AvgIpc) is 1.79. The standard InChI is InChI=1S/C8H10F2O3/c1-5(2)7(11)13-8(9,10)6-3-4-12-6/h6H,1,3-4H2,2H3. The third-order valence-electron chi connectivity index (χ3n) is 1.65. The average molecular weight is 192 g/mol. The van der Waals surface area contributed by atoms with Crippen LogP contribution in [0.3, 0.4) is 0 Å². The van der Waals surface area contributed by atoms with Crippen LogP contribution in [0.2, 0.25) is 0 Å². The zero-order valence-electron chi connectivity index (χ0n) is 7.18. The lowest BCUT2D eigenvalue weighted by Crippen LogP contribution is -2.46. The Kier molecular flexibility index (Phi) is 2.66. The molecule has 0 N–H and O–H groups in total. The van der Waals surface area contributed by atoms with Gasteiger partial charge in [-0.3, -0.25) is 0 Å². The number of carbonyl (C=O) groups is 1. The van der Waals surface area contributed by atoms with Crippen LogP contribution in [0.15, 0.2) is 12.2 Å². The Hall–Kier alpha value is -0.970. The monoisotopic (exact) mass is 192 g/mol. The lowest BCUT2D eigenvalue weighted by molar-refractivity contribution is -0.308. The van der Waals surface area contributed by atoms with Crippen LogP contribution < -0.4 is 0 Å². The molecule has 1 atom stereocenters. The summed E-state index contributed by atoms with van der Waals surface area (Å²) in [5, 5.41) is 0. The molecule has 0 spiro atoms. The lowest BCUT2D eigenvalue weighted by Gasteiger charge is -2.32. The normalized spacial score (nSPS) is 21.9. The van der Waals surface area contributed by atoms with E-state index < -0.39 is 18.2 Å². The minimum absolute atomic E-state index is 0.0565. The topological polar surface area (TPSA) is 35.5 Å². The Balaban J connectivity index is 2.50. The van der Waals surface area contributed by atoms with E-state index in [4.69, 9.17) is 0 Å². The van der Waals surface area contributed by atoms with Gasteiger partial charge in [-0.2, -0.15) is 8.78 Å². The number of carbonyl (C=O) groups excluding carboxylic acids is 1. The highest BCUT2D eigenvalue weighted by Crippen LogP contribution is 2.31. The molecule has 1 rings (SSSR count). The minimum atomic E-state index is -3.53. The number of hydrogen-bond acceptors (Lipinski definition) is 3. The summed E-state index contributed by atoms with van der Waals surface area (Å²) < 4.78 is 34.2. The van der Waals surface area contributed by atoms with Crippen molar-refractivity contribution in [2.75, 3.05) is 6.61 Å². The third-order valence-corrected chi connectivity index (χ3v) is 1.65. The van der Waals surface area contributed by atoms with Crippen molar-refractivity contribution >= 4 is 5.97 Å². The summed E-state index contributed by atoms with van der Waals surface area (Å²) in [4.78, 5) is 10.7. The van der Waals surface area contributed by atoms with Gasteiger partial charge in [-0.25, -0.2) is 4.79 Å². The lowest BCUT2D eigenvalue weighted by atomic mass is 10.2. The predicted molar refractivity (Wildman–Crippen MR) is 40.2 cm³/mol. The van der Waals surface area contributed by atoms with Gasteiger partial charge in [0, 0.05) is 12.0 Å². The number of rotatable bonds is 3. The maximum absolute atomic E-state index is 12.9. The first kappa shape index (κ1) is 10.1. The van der Waals surface area contributed by atoms with Crippen molar-refractivity contribution in [1.29, 1.82) is 0 Å². The number of hydrogen-bond donors (Lipinski definition) is 0. The summed E-state index contributed by atoms with van der Waals surface area (Å²) >= 11 is 0. The second kappa shape index (κ2) is 3.41. The minimum Gasteiger partial charge on any atom is -0.395 e. The van der Waals surface area contributed by atoms with Gasteiger partial charge in [0.25, 0.3) is 0 Å². The molecule has 1 unspecified atom stereocenters. The number of halogens is 2. The molecule has 0 aliphatic carbocycles. The van der Waals surface area contributed by atoms with E-state index in [1.807, 2.05) is 0 Å². The highest BCUT2D eigenvalue weighted by atomic mass is 19.3. The molecule has 1 heterocycles. The first-order valence-electron chi connectivity index (χ1n) is 3.82. The van der Waals surface area contributed by atoms with E-state index in [1.165, 1.54) is 6.92 Å². The molecular weight excluding hydrogens is 182 g/mol. The van der Waals surface area contributed by atoms with Crippen LogP contribution in [-0.4, -0.2) is 24.8 Å². The third kappa shape index (κ3) is 2.24. The van der Waals surface area contributed by atoms with Gasteiger partial charge in [0.05, 0.1) is 6.61 Å². The Morgan fingerprint density at radius 1 is 1.69 bits per heavy atom. The first-order valence-corrected chi connectivity index (χ1v) is 3.82. The van der Waals surface area contributed by atoms with E-state index in [0.717, 1.165) is 0 Å². The quantitative estimate of drug-likeness (QED) is 0.502. The van der Waals surface area contributed by atoms with E-state index in [1.54, 1.807) is 0 Å². The van der Waals surface area contributed by atoms with Crippen LogP contribution >= 0.6 is 0 Å². The number of ether oxygens (including phenoxy) is 2. The zero-order chi connectivity index (χ0) is 10.1. The van der Waals surface area contributed by atoms with Crippen LogP contribution in [-0.2, 0) is 14.3 Å². The molecule has 0 radical (unpaired) electrons. The van der Waals surface area contributed by atoms with Crippen molar-refractivity contribution in [3.63, 3.8) is 0 Å². The molecule has 0 saturated carbocycles. The van der Waals surface area contributed by atoms with Gasteiger partial charge in [-0.1, -0.05) is 6.58 Å². The van der Waals surface area contributed by atoms with Crippen LogP contribution in [0, 0.1) is 0 Å². The van der Waals surface area contributed by atoms with Crippen molar-refractivity contribution in [3.05, 3.63) is 12.2 Å². The second-order valence-electron chi connectivity index (χ2n) is 2.88. The highest BCUT2D eigenvalue weighted by molar-refractivity contribution is 5.87. The Morgan fingerprint density at radius 3 is 2.54 bits per heavy atom. The SMILES string of the molecule is C=C(C)C(=O)OC(F)(F)C1CCO1. The van der Waals surface area contributed by atoms with Gasteiger partial charge >= 0.3 is 12.1 Å². The molecule has 0 aromatic heterocycles. The molecule has 1 fully saturated rings. The summed E-state index contributed by atoms with van der Waals surface area (Å²) in [6, 6.07) is 0. The highest BCUT2D eigenvalue weighted by Gasteiger charge is 2.48. The molecule has 74 valence electrons. The van der Waals surface area contributed by atoms with E-state index in [9.17, 15) is 13.6 Å². The largest absolute Gasteiger partial charge is 0.427 e. The van der Waals surface area contributed by atoms with Crippen molar-refractivity contribution in [3.8, 4) is 0 Å². The summed E-state index contributed by atoms with van der Waals surface area (Å²) in [5.41, 5.74) is -0.0565. The first-order chi connectivity index (χ1) is 5.93. The zero-order valence-corrected chi connectivity index (χ0v) is 7.18. The van der Waals surface area contributed by atoms with E-state index in [-0.39, 0.29) is 18.6 Å². The van der Waals surface area contributed by atoms with E-state index in [2.05, 4.69) is 16.1 Å². The molecule has 0 amide bonds. The summed E-state index contributed by atoms with van der Waals surface area (Å²) in [6.45, 7) is 4.78. The van der Waals surface area contributed by atoms with Crippen molar-refractivity contribution in [1.82, 2.24) is 0 Å². The Morgan fingerprint density at radius 2 is 2.23 bits per heavy atom. The van der Waals surface area contributed by atoms with Crippen LogP contribution in [0.4, 0.5) is 8.78 Å². The van der Waals surface area contributed by atoms with Gasteiger partial charge in [0.2, 0.25) is 0 Å². The maximum atomic E-state index is 12.9. The second-order valence-corrected chi connectivity index (χ2v) is 2.88. The van der Waals surface area contributed by atoms with E-state index in [0.29, 0.717) is 0 Å². The van der Waals surface area contributed by atoms with Gasteiger partial charge in [-0.05, 0) is 6.92 Å². The Bertz CT molecular complexity index is 234. The number of alkyl halides is 2. The van der Waals surface area contributed by atoms with Crippen LogP contribution in [0.25, 0.3) is 0 Å². The Labute approximate surface area is 74.3 Å². The van der Waals surface area contributed by atoms with Crippen LogP contribution in [0.1, 0.15) is 13.3 Å². The molecule has 0 aromatic rings. The molecule has 13 heavy (non-hydrogen) atoms. The molecule has 3 nitrogen and oxygen atoms in total. The van der Waals surface area contributed by atoms with Crippen molar-refractivity contribution in [2.45, 2.75) is 25.6 Å². The maximum Gasteiger partial charge on any atom is 0.427 e. The van der Waals surface area contributed by atoms with E-state index >= 15 is 0 Å². The summed E-state index contributed by atoms with van der Waals surface area (Å²) in [6.07, 6.45) is -4.62. The number of esters is 1. The summed E-state index contributed by atoms with van der Waals surface area (Å²) in [5.74, 6) is -1.10. The molecule has 5 heteroatoms. The molecule has 1 aliphatic heterocycles. The summed E-state index contributed by atoms with van der Waals surface area (Å²) in [7, 11) is 0. The fourth-order valence-electron chi connectivity index (χ4n) is 0.777. The molecule has 0 aromatic carbocycles. The molecule has 1 saturated heterocycles. The van der Waals surface area contributed by atoms with Crippen molar-refractivity contribution < 1.29 is 23.0 Å². The van der Waals surface area contributed by atoms with Crippen LogP contribution in [0.5, 0.6) is 0 Å².